The van der Waals surface area contributed by atoms with Gasteiger partial charge >= 0.3 is 0 Å². The number of carbonyl (C=O) groups is 6. The summed E-state index contributed by atoms with van der Waals surface area (Å²) in [4.78, 5) is 80.0. The van der Waals surface area contributed by atoms with Crippen molar-refractivity contribution in [3.05, 3.63) is 335 Å². The van der Waals surface area contributed by atoms with Gasteiger partial charge in [0.2, 0.25) is 0 Å². The average molecular weight is 2890 g/mol. The Morgan fingerprint density at radius 1 is 0.372 bits per heavy atom. The molecule has 0 spiro atoms. The molecule has 772 valence electrons. The molecule has 1 aliphatic rings. The summed E-state index contributed by atoms with van der Waals surface area (Å²) in [5.41, 5.74) is 11.6. The number of likely N-dealkylation sites (tertiary alicyclic amines) is 1. The van der Waals surface area contributed by atoms with Crippen molar-refractivity contribution in [2.45, 2.75) is 80.8 Å². The second kappa shape index (κ2) is 59.9. The highest BCUT2D eigenvalue weighted by atomic mass is 127. The van der Waals surface area contributed by atoms with Gasteiger partial charge < -0.3 is 88.3 Å². The Bertz CT molecular complexity index is 6630. The molecular formula is C104H105Br3ClF8I6N13O10. The van der Waals surface area contributed by atoms with E-state index in [9.17, 15) is 69.0 Å². The predicted octanol–water partition coefficient (Wildman–Crippen LogP) is 26.0. The number of hydrogen-bond acceptors (Lipinski definition) is 17. The normalized spacial score (nSPS) is 11.6. The number of nitrogens with zero attached hydrogens (tertiary/aromatic N) is 3. The SMILES string of the molecule is CCN(CC)C(=O)c1cc(Cl)ccc1Nc1ccc(I)cc1C.Cc1cc(I)ccc1Nc1c(C(=O)NCC(O)CO)ccc(F)c1F.Cc1cc(I)ccc1Nc1c(C(=O)NCCN2CCCCC2)cc(Br)c(F)c1F.Cc1cc(I)ccc1Nc1c(C(=O)NCCO)cc(Br)c(F)c1F.Cc1cc(I)ccc1Nc1c(C(=O)NCCO)ccc(F)c1F.Cc1cc(I)ccc1Nc1ccc(Br)cc1C(=O)N(C)C. The van der Waals surface area contributed by atoms with Crippen molar-refractivity contribution in [1.29, 1.82) is 0 Å². The van der Waals surface area contributed by atoms with Crippen LogP contribution in [0.5, 0.6) is 0 Å². The van der Waals surface area contributed by atoms with Gasteiger partial charge in [0.15, 0.2) is 46.5 Å². The van der Waals surface area contributed by atoms with Gasteiger partial charge in [0.05, 0.1) is 102 Å². The molecule has 1 fully saturated rings. The Morgan fingerprint density at radius 3 is 1.03 bits per heavy atom. The Labute approximate surface area is 948 Å². The number of aliphatic hydroxyl groups is 4. The number of rotatable bonds is 30. The molecule has 1 aliphatic heterocycles. The molecule has 14 N–H and O–H groups in total. The number of aliphatic hydroxyl groups excluding tert-OH is 4. The number of piperidine rings is 1. The molecular weight excluding hydrogens is 2780 g/mol. The molecule has 0 aliphatic carbocycles. The molecule has 41 heteroatoms. The molecule has 0 bridgehead atoms. The topological polar surface area (TPSA) is 313 Å². The van der Waals surface area contributed by atoms with Crippen LogP contribution in [0.25, 0.3) is 0 Å². The molecule has 0 saturated carbocycles. The summed E-state index contributed by atoms with van der Waals surface area (Å²) in [7, 11) is 3.51. The first kappa shape index (κ1) is 122. The van der Waals surface area contributed by atoms with Crippen LogP contribution in [0.3, 0.4) is 0 Å². The second-order valence-electron chi connectivity index (χ2n) is 32.6. The van der Waals surface area contributed by atoms with Crippen LogP contribution in [-0.4, -0.2) is 169 Å². The maximum Gasteiger partial charge on any atom is 0.255 e. The highest BCUT2D eigenvalue weighted by Gasteiger charge is 2.29. The lowest BCUT2D eigenvalue weighted by Gasteiger charge is -2.26. The summed E-state index contributed by atoms with van der Waals surface area (Å²) in [6.45, 7) is 18.8. The molecule has 12 aromatic carbocycles. The number of halogens is 18. The molecule has 13 rings (SSSR count). The van der Waals surface area contributed by atoms with Crippen molar-refractivity contribution in [3.8, 4) is 0 Å². The molecule has 0 aromatic heterocycles. The summed E-state index contributed by atoms with van der Waals surface area (Å²) in [5, 5.41) is 64.3. The number of amides is 6. The van der Waals surface area contributed by atoms with Gasteiger partial charge in [-0.05, 0) is 464 Å². The number of aryl methyl sites for hydroxylation is 6. The summed E-state index contributed by atoms with van der Waals surface area (Å²) < 4.78 is 120. The zero-order chi connectivity index (χ0) is 107. The van der Waals surface area contributed by atoms with E-state index in [2.05, 4.69) is 260 Å². The average Bonchev–Trinajstić information content (AvgIpc) is 0.792. The minimum absolute atomic E-state index is 0.0110. The molecule has 1 saturated heterocycles. The number of hydrogen-bond donors (Lipinski definition) is 14. The monoisotopic (exact) mass is 2880 g/mol. The van der Waals surface area contributed by atoms with E-state index in [1.54, 1.807) is 73.3 Å². The van der Waals surface area contributed by atoms with Crippen LogP contribution in [0, 0.1) is 110 Å². The van der Waals surface area contributed by atoms with Crippen LogP contribution in [0.15, 0.2) is 195 Å². The van der Waals surface area contributed by atoms with E-state index in [1.807, 2.05) is 133 Å². The van der Waals surface area contributed by atoms with E-state index in [4.69, 9.17) is 26.9 Å². The van der Waals surface area contributed by atoms with Gasteiger partial charge in [-0.25, -0.2) is 35.1 Å². The fraction of sp³-hybridized carbons (Fsp3) is 0.250. The predicted molar refractivity (Wildman–Crippen MR) is 622 cm³/mol. The third kappa shape index (κ3) is 36.2. The molecule has 1 heterocycles. The van der Waals surface area contributed by atoms with Crippen molar-refractivity contribution in [1.82, 2.24) is 36.0 Å². The van der Waals surface area contributed by atoms with E-state index < -0.39 is 82.9 Å². The van der Waals surface area contributed by atoms with Crippen molar-refractivity contribution in [3.63, 3.8) is 0 Å². The van der Waals surface area contributed by atoms with Crippen LogP contribution < -0.4 is 53.2 Å². The largest absolute Gasteiger partial charge is 0.395 e. The van der Waals surface area contributed by atoms with Gasteiger partial charge in [0.1, 0.15) is 0 Å². The third-order valence-electron chi connectivity index (χ3n) is 21.7. The fourth-order valence-electron chi connectivity index (χ4n) is 14.0. The van der Waals surface area contributed by atoms with Crippen LogP contribution >= 0.6 is 195 Å². The van der Waals surface area contributed by atoms with E-state index in [1.165, 1.54) is 44.6 Å². The van der Waals surface area contributed by atoms with Crippen LogP contribution in [0.1, 0.15) is 129 Å². The number of carbonyl (C=O) groups excluding carboxylic acids is 6. The van der Waals surface area contributed by atoms with Crippen molar-refractivity contribution in [2.75, 3.05) is 125 Å². The first-order valence-electron chi connectivity index (χ1n) is 44.8. The van der Waals surface area contributed by atoms with Crippen LogP contribution in [0.4, 0.5) is 103 Å². The Hall–Kier alpha value is -8.39. The zero-order valence-electron chi connectivity index (χ0n) is 79.9. The molecule has 145 heavy (non-hydrogen) atoms. The Kier molecular flexibility index (Phi) is 50.3. The fourth-order valence-corrected chi connectivity index (χ4v) is 19.2. The van der Waals surface area contributed by atoms with E-state index >= 15 is 0 Å². The third-order valence-corrected chi connectivity index (χ3v) is 27.7. The van der Waals surface area contributed by atoms with Crippen molar-refractivity contribution in [2.24, 2.45) is 0 Å². The molecule has 1 unspecified atom stereocenters. The van der Waals surface area contributed by atoms with Crippen molar-refractivity contribution < 1.29 is 84.3 Å². The number of anilines is 12. The van der Waals surface area contributed by atoms with E-state index in [0.717, 1.165) is 113 Å². The Morgan fingerprint density at radius 2 is 0.690 bits per heavy atom. The lowest BCUT2D eigenvalue weighted by Crippen LogP contribution is -2.37. The van der Waals surface area contributed by atoms with Gasteiger partial charge in [-0.1, -0.05) is 34.0 Å². The van der Waals surface area contributed by atoms with Gasteiger partial charge in [-0.15, -0.1) is 0 Å². The van der Waals surface area contributed by atoms with E-state index in [0.29, 0.717) is 58.5 Å². The lowest BCUT2D eigenvalue weighted by molar-refractivity contribution is 0.0771. The summed E-state index contributed by atoms with van der Waals surface area (Å²) in [5.74, 6) is -11.2. The van der Waals surface area contributed by atoms with Gasteiger partial charge in [-0.2, -0.15) is 0 Å². The summed E-state index contributed by atoms with van der Waals surface area (Å²) >= 11 is 28.6. The highest BCUT2D eigenvalue weighted by molar-refractivity contribution is 14.1. The smallest absolute Gasteiger partial charge is 0.255 e. The first-order valence-corrected chi connectivity index (χ1v) is 54.0. The van der Waals surface area contributed by atoms with E-state index in [-0.39, 0.29) is 98.6 Å². The first-order chi connectivity index (χ1) is 68.8. The summed E-state index contributed by atoms with van der Waals surface area (Å²) in [6, 6.07) is 51.8. The minimum atomic E-state index is -1.17. The van der Waals surface area contributed by atoms with Crippen LogP contribution in [0.2, 0.25) is 5.02 Å². The standard InChI is InChI=1S/C21H23BrF2IN3O.C18H20ClIN2O.C17H17F2IN2O3.C16H14BrF2IN2O2.C16H16BrIN2O.C16H15F2IN2O2/c1-13-11-14(25)5-6-17(13)27-20-15(12-16(22)18(23)19(20)24)21(29)26-7-10-28-8-3-2-4-9-28;1-4-22(5-2)18(23)15-11-13(19)6-8-17(15)21-16-9-7-14(20)10-12(16)3;1-9-6-10(20)2-5-14(9)22-16-12(3-4-13(18)15(16)19)17(25)21-7-11(24)8-23;1-8-6-9(20)2-3-12(8)22-15-10(16(24)21-4-5-23)7-11(17)13(18)14(15)19;1-10-8-12(18)5-7-14(10)19-15-6-4-11(17)9-13(15)16(21)20(2)3;1-9-8-10(19)2-5-13(9)21-15-11(16(23)20-6-7-22)3-4-12(17)14(15)18/h5-6,11-12,27H,2-4,7-10H2,1H3,(H,26,29);6-11,21H,4-5H2,1-3H3;2-6,11,22-24H,7-8H2,1H3,(H,21,25);2-3,6-7,22-23H,4-5H2,1H3,(H,21,24);4-9,19H,1-3H3;2-5,8,21-22H,6-7H2,1H3,(H,20,23). The van der Waals surface area contributed by atoms with Gasteiger partial charge in [0.25, 0.3) is 35.4 Å². The number of benzene rings is 12. The molecule has 1 atom stereocenters. The molecule has 12 aromatic rings. The van der Waals surface area contributed by atoms with Crippen LogP contribution in [-0.2, 0) is 0 Å². The molecule has 0 radical (unpaired) electrons. The molecule has 23 nitrogen and oxygen atoms in total. The minimum Gasteiger partial charge on any atom is -0.395 e. The Balaban J connectivity index is 0.000000213. The zero-order valence-corrected chi connectivity index (χ0v) is 98.3. The van der Waals surface area contributed by atoms with Crippen molar-refractivity contribution >= 4 is 299 Å². The maximum absolute atomic E-state index is 14.7. The van der Waals surface area contributed by atoms with Gasteiger partial charge in [-0.3, -0.25) is 28.8 Å². The lowest BCUT2D eigenvalue weighted by atomic mass is 10.1. The van der Waals surface area contributed by atoms with Gasteiger partial charge in [0, 0.05) is 125 Å². The summed E-state index contributed by atoms with van der Waals surface area (Å²) in [6.07, 6.45) is 2.46. The second-order valence-corrected chi connectivity index (χ2v) is 43.1. The highest BCUT2D eigenvalue weighted by Crippen LogP contribution is 2.39. The number of nitrogens with one attached hydrogen (secondary N) is 10. The quantitative estimate of drug-likeness (QED) is 0.0113. The maximum atomic E-state index is 14.7. The molecule has 6 amide bonds.